The summed E-state index contributed by atoms with van der Waals surface area (Å²) in [5.41, 5.74) is 0.734. The minimum absolute atomic E-state index is 0.417. The lowest BCUT2D eigenvalue weighted by Crippen LogP contribution is -2.28. The van der Waals surface area contributed by atoms with Gasteiger partial charge in [-0.05, 0) is 12.8 Å². The largest absolute Gasteiger partial charge is 0.353 e. The van der Waals surface area contributed by atoms with Crippen LogP contribution in [0.3, 0.4) is 0 Å². The van der Waals surface area contributed by atoms with E-state index in [4.69, 9.17) is 4.74 Å². The van der Waals surface area contributed by atoms with Gasteiger partial charge in [0.1, 0.15) is 0 Å². The van der Waals surface area contributed by atoms with E-state index in [1.54, 1.807) is 7.11 Å². The van der Waals surface area contributed by atoms with Crippen molar-refractivity contribution in [1.29, 1.82) is 0 Å². The predicted octanol–water partition coefficient (Wildman–Crippen LogP) is 2.74. The Bertz CT molecular complexity index is 320. The molecule has 1 unspecified atom stereocenters. The summed E-state index contributed by atoms with van der Waals surface area (Å²) in [4.78, 5) is 4.50. The summed E-state index contributed by atoms with van der Waals surface area (Å²) in [6.45, 7) is 0. The van der Waals surface area contributed by atoms with Crippen LogP contribution in [0.25, 0.3) is 0 Å². The summed E-state index contributed by atoms with van der Waals surface area (Å²) in [5.74, 6) is 0. The number of aliphatic imine (C=N–C) groups is 1. The zero-order valence-electron chi connectivity index (χ0n) is 8.44. The molecule has 1 aliphatic heterocycles. The third-order valence-electron chi connectivity index (χ3n) is 2.71. The Morgan fingerprint density at radius 3 is 2.64 bits per heavy atom. The van der Waals surface area contributed by atoms with Crippen molar-refractivity contribution in [2.75, 3.05) is 7.11 Å². The summed E-state index contributed by atoms with van der Waals surface area (Å²) < 4.78 is 5.57. The molecule has 2 rings (SSSR count). The van der Waals surface area contributed by atoms with Crippen molar-refractivity contribution in [3.05, 3.63) is 35.9 Å². The third-order valence-corrected chi connectivity index (χ3v) is 2.71. The molecule has 2 heteroatoms. The van der Waals surface area contributed by atoms with Gasteiger partial charge in [-0.1, -0.05) is 30.3 Å². The number of hydrogen-bond donors (Lipinski definition) is 0. The standard InChI is InChI=1S/C12H15NO/c1-14-12(9-5-6-10-13-12)11-7-3-2-4-8-11/h2-4,7-8,10H,5-6,9H2,1H3. The van der Waals surface area contributed by atoms with Crippen molar-refractivity contribution in [3.8, 4) is 0 Å². The van der Waals surface area contributed by atoms with E-state index in [1.807, 2.05) is 24.4 Å². The van der Waals surface area contributed by atoms with Gasteiger partial charge in [-0.3, -0.25) is 4.99 Å². The summed E-state index contributed by atoms with van der Waals surface area (Å²) in [5, 5.41) is 0. The van der Waals surface area contributed by atoms with Crippen LogP contribution in [0.5, 0.6) is 0 Å². The lowest BCUT2D eigenvalue weighted by atomic mass is 9.95. The molecule has 0 amide bonds. The fourth-order valence-corrected chi connectivity index (χ4v) is 1.90. The first-order chi connectivity index (χ1) is 6.87. The Kier molecular flexibility index (Phi) is 2.64. The SMILES string of the molecule is COC1(c2ccccc2)CCCC=N1. The molecular formula is C12H15NO. The molecule has 2 nitrogen and oxygen atoms in total. The minimum Gasteiger partial charge on any atom is -0.353 e. The molecule has 1 heterocycles. The second-order valence-corrected chi connectivity index (χ2v) is 3.56. The molecule has 0 saturated heterocycles. The molecule has 1 aliphatic rings. The van der Waals surface area contributed by atoms with E-state index >= 15 is 0 Å². The first kappa shape index (κ1) is 9.41. The van der Waals surface area contributed by atoms with Crippen LogP contribution in [0.15, 0.2) is 35.3 Å². The van der Waals surface area contributed by atoms with E-state index in [-0.39, 0.29) is 0 Å². The fourth-order valence-electron chi connectivity index (χ4n) is 1.90. The van der Waals surface area contributed by atoms with Gasteiger partial charge in [-0.15, -0.1) is 0 Å². The molecule has 0 saturated carbocycles. The van der Waals surface area contributed by atoms with Gasteiger partial charge >= 0.3 is 0 Å². The second kappa shape index (κ2) is 3.93. The van der Waals surface area contributed by atoms with E-state index in [1.165, 1.54) is 0 Å². The summed E-state index contributed by atoms with van der Waals surface area (Å²) in [6, 6.07) is 10.2. The monoisotopic (exact) mass is 189 g/mol. The van der Waals surface area contributed by atoms with Crippen molar-refractivity contribution in [2.24, 2.45) is 4.99 Å². The Balaban J connectivity index is 2.37. The van der Waals surface area contributed by atoms with Gasteiger partial charge in [0.15, 0.2) is 5.72 Å². The predicted molar refractivity (Wildman–Crippen MR) is 57.5 cm³/mol. The molecule has 0 aromatic heterocycles. The quantitative estimate of drug-likeness (QED) is 0.701. The van der Waals surface area contributed by atoms with Crippen LogP contribution in [0.1, 0.15) is 24.8 Å². The van der Waals surface area contributed by atoms with Crippen LogP contribution < -0.4 is 0 Å². The van der Waals surface area contributed by atoms with Gasteiger partial charge < -0.3 is 4.74 Å². The lowest BCUT2D eigenvalue weighted by molar-refractivity contribution is -0.0185. The van der Waals surface area contributed by atoms with Gasteiger partial charge in [-0.25, -0.2) is 0 Å². The topological polar surface area (TPSA) is 21.6 Å². The van der Waals surface area contributed by atoms with Crippen LogP contribution in [0, 0.1) is 0 Å². The van der Waals surface area contributed by atoms with Crippen LogP contribution in [0.2, 0.25) is 0 Å². The van der Waals surface area contributed by atoms with Crippen LogP contribution in [0.4, 0.5) is 0 Å². The van der Waals surface area contributed by atoms with Crippen molar-refractivity contribution in [3.63, 3.8) is 0 Å². The van der Waals surface area contributed by atoms with Crippen molar-refractivity contribution >= 4 is 6.21 Å². The van der Waals surface area contributed by atoms with Crippen molar-refractivity contribution in [2.45, 2.75) is 25.0 Å². The molecule has 1 aromatic carbocycles. The van der Waals surface area contributed by atoms with E-state index in [2.05, 4.69) is 17.1 Å². The number of benzene rings is 1. The number of nitrogens with zero attached hydrogens (tertiary/aromatic N) is 1. The molecule has 14 heavy (non-hydrogen) atoms. The highest BCUT2D eigenvalue weighted by molar-refractivity contribution is 5.59. The highest BCUT2D eigenvalue weighted by Crippen LogP contribution is 2.34. The zero-order chi connectivity index (χ0) is 9.86. The summed E-state index contributed by atoms with van der Waals surface area (Å²) >= 11 is 0. The normalized spacial score (nSPS) is 26.4. The van der Waals surface area contributed by atoms with Gasteiger partial charge in [0, 0.05) is 25.3 Å². The van der Waals surface area contributed by atoms with Crippen LogP contribution in [-0.2, 0) is 10.5 Å². The van der Waals surface area contributed by atoms with E-state index in [9.17, 15) is 0 Å². The molecule has 74 valence electrons. The third kappa shape index (κ3) is 1.58. The highest BCUT2D eigenvalue weighted by atomic mass is 16.5. The Hall–Kier alpha value is -1.15. The van der Waals surface area contributed by atoms with Gasteiger partial charge in [0.25, 0.3) is 0 Å². The van der Waals surface area contributed by atoms with Crippen LogP contribution in [-0.4, -0.2) is 13.3 Å². The van der Waals surface area contributed by atoms with Crippen molar-refractivity contribution < 1.29 is 4.74 Å². The molecule has 0 aliphatic carbocycles. The molecule has 0 radical (unpaired) electrons. The maximum atomic E-state index is 5.57. The number of methoxy groups -OCH3 is 1. The van der Waals surface area contributed by atoms with Gasteiger partial charge in [-0.2, -0.15) is 0 Å². The molecule has 0 spiro atoms. The Labute approximate surface area is 84.6 Å². The maximum absolute atomic E-state index is 5.57. The second-order valence-electron chi connectivity index (χ2n) is 3.56. The number of rotatable bonds is 2. The van der Waals surface area contributed by atoms with E-state index in [0.29, 0.717) is 0 Å². The zero-order valence-corrected chi connectivity index (χ0v) is 8.44. The van der Waals surface area contributed by atoms with E-state index < -0.39 is 5.72 Å². The Morgan fingerprint density at radius 1 is 1.29 bits per heavy atom. The molecule has 0 bridgehead atoms. The molecule has 1 aromatic rings. The molecular weight excluding hydrogens is 174 g/mol. The van der Waals surface area contributed by atoms with Crippen molar-refractivity contribution in [1.82, 2.24) is 0 Å². The fraction of sp³-hybridized carbons (Fsp3) is 0.417. The highest BCUT2D eigenvalue weighted by Gasteiger charge is 2.31. The summed E-state index contributed by atoms with van der Waals surface area (Å²) in [6.07, 6.45) is 5.16. The average Bonchev–Trinajstić information content (AvgIpc) is 2.31. The smallest absolute Gasteiger partial charge is 0.184 e. The minimum atomic E-state index is -0.417. The van der Waals surface area contributed by atoms with Crippen LogP contribution >= 0.6 is 0 Å². The average molecular weight is 189 g/mol. The van der Waals surface area contributed by atoms with Gasteiger partial charge in [0.2, 0.25) is 0 Å². The van der Waals surface area contributed by atoms with Gasteiger partial charge in [0.05, 0.1) is 0 Å². The molecule has 1 atom stereocenters. The Morgan fingerprint density at radius 2 is 2.07 bits per heavy atom. The molecule has 0 fully saturated rings. The first-order valence-corrected chi connectivity index (χ1v) is 5.02. The maximum Gasteiger partial charge on any atom is 0.184 e. The summed E-state index contributed by atoms with van der Waals surface area (Å²) in [7, 11) is 1.73. The first-order valence-electron chi connectivity index (χ1n) is 5.02. The lowest BCUT2D eigenvalue weighted by Gasteiger charge is -2.31. The number of hydrogen-bond acceptors (Lipinski definition) is 2. The van der Waals surface area contributed by atoms with E-state index in [0.717, 1.165) is 24.8 Å². The molecule has 0 N–H and O–H groups in total. The number of ether oxygens (including phenoxy) is 1.